The van der Waals surface area contributed by atoms with Crippen molar-refractivity contribution in [3.63, 3.8) is 0 Å². The number of rotatable bonds is 5. The molecule has 2 N–H and O–H groups in total. The number of benzene rings is 1. The van der Waals surface area contributed by atoms with Gasteiger partial charge < -0.3 is 9.52 Å². The third kappa shape index (κ3) is 3.16. The maximum atomic E-state index is 12.2. The SMILES string of the molecule is O=S(=O)(NCc1ccoc1)c1ccc(Cl)c(CO)c1Cl. The fourth-order valence-corrected chi connectivity index (χ4v) is 3.49. The van der Waals surface area contributed by atoms with E-state index in [1.165, 1.54) is 24.7 Å². The van der Waals surface area contributed by atoms with Crippen LogP contribution in [0.15, 0.2) is 40.0 Å². The highest BCUT2D eigenvalue weighted by atomic mass is 35.5. The van der Waals surface area contributed by atoms with E-state index in [-0.39, 0.29) is 27.0 Å². The Morgan fingerprint density at radius 2 is 2.00 bits per heavy atom. The molecule has 2 aromatic rings. The molecule has 8 heteroatoms. The molecule has 5 nitrogen and oxygen atoms in total. The summed E-state index contributed by atoms with van der Waals surface area (Å²) in [6.07, 6.45) is 2.88. The number of sulfonamides is 1. The number of aliphatic hydroxyl groups excluding tert-OH is 1. The monoisotopic (exact) mass is 335 g/mol. The summed E-state index contributed by atoms with van der Waals surface area (Å²) in [4.78, 5) is -0.129. The largest absolute Gasteiger partial charge is 0.472 e. The first kappa shape index (κ1) is 15.3. The van der Waals surface area contributed by atoms with Gasteiger partial charge in [0.05, 0.1) is 24.2 Å². The van der Waals surface area contributed by atoms with Crippen LogP contribution >= 0.6 is 23.2 Å². The minimum atomic E-state index is -3.81. The molecule has 0 spiro atoms. The molecule has 0 aliphatic rings. The lowest BCUT2D eigenvalue weighted by atomic mass is 10.2. The first-order valence-electron chi connectivity index (χ1n) is 5.54. The van der Waals surface area contributed by atoms with E-state index in [4.69, 9.17) is 27.6 Å². The molecule has 0 aliphatic carbocycles. The molecule has 0 saturated heterocycles. The molecule has 0 fully saturated rings. The number of halogens is 2. The van der Waals surface area contributed by atoms with Crippen molar-refractivity contribution in [1.29, 1.82) is 0 Å². The lowest BCUT2D eigenvalue weighted by Crippen LogP contribution is -2.23. The van der Waals surface area contributed by atoms with Gasteiger partial charge in [-0.05, 0) is 18.2 Å². The molecule has 0 amide bonds. The summed E-state index contributed by atoms with van der Waals surface area (Å²) in [6.45, 7) is -0.366. The van der Waals surface area contributed by atoms with Gasteiger partial charge in [0.2, 0.25) is 10.0 Å². The number of aliphatic hydroxyl groups is 1. The van der Waals surface area contributed by atoms with Crippen molar-refractivity contribution in [3.05, 3.63) is 51.9 Å². The normalized spacial score (nSPS) is 11.8. The second-order valence-electron chi connectivity index (χ2n) is 3.95. The quantitative estimate of drug-likeness (QED) is 0.879. The summed E-state index contributed by atoms with van der Waals surface area (Å²) in [5.41, 5.74) is 0.862. The van der Waals surface area contributed by atoms with Gasteiger partial charge in [0.25, 0.3) is 0 Å². The van der Waals surface area contributed by atoms with Gasteiger partial charge in [-0.3, -0.25) is 0 Å². The minimum absolute atomic E-state index is 0.0756. The zero-order chi connectivity index (χ0) is 14.8. The predicted molar refractivity (Wildman–Crippen MR) is 75.1 cm³/mol. The van der Waals surface area contributed by atoms with Crippen molar-refractivity contribution in [3.8, 4) is 0 Å². The molecule has 0 saturated carbocycles. The van der Waals surface area contributed by atoms with E-state index in [1.54, 1.807) is 6.07 Å². The van der Waals surface area contributed by atoms with Crippen LogP contribution in [0.3, 0.4) is 0 Å². The van der Waals surface area contributed by atoms with Crippen LogP contribution in [0.4, 0.5) is 0 Å². The lowest BCUT2D eigenvalue weighted by molar-refractivity contribution is 0.281. The predicted octanol–water partition coefficient (Wildman–Crippen LogP) is 2.56. The Morgan fingerprint density at radius 1 is 1.25 bits per heavy atom. The molecule has 1 aromatic heterocycles. The van der Waals surface area contributed by atoms with Gasteiger partial charge in [0.1, 0.15) is 4.90 Å². The molecular formula is C12H11Cl2NO4S. The number of nitrogens with one attached hydrogen (secondary N) is 1. The van der Waals surface area contributed by atoms with Crippen LogP contribution < -0.4 is 4.72 Å². The molecular weight excluding hydrogens is 325 g/mol. The Balaban J connectivity index is 2.30. The van der Waals surface area contributed by atoms with Crippen LogP contribution in [-0.2, 0) is 23.2 Å². The van der Waals surface area contributed by atoms with Crippen LogP contribution in [0.25, 0.3) is 0 Å². The van der Waals surface area contributed by atoms with Gasteiger partial charge in [-0.1, -0.05) is 23.2 Å². The Labute approximate surface area is 126 Å². The third-order valence-corrected chi connectivity index (χ3v) is 4.99. The lowest BCUT2D eigenvalue weighted by Gasteiger charge is -2.11. The first-order valence-corrected chi connectivity index (χ1v) is 7.78. The molecule has 0 bridgehead atoms. The van der Waals surface area contributed by atoms with Crippen LogP contribution in [-0.4, -0.2) is 13.5 Å². The van der Waals surface area contributed by atoms with Gasteiger partial charge in [-0.2, -0.15) is 0 Å². The van der Waals surface area contributed by atoms with Gasteiger partial charge in [-0.15, -0.1) is 0 Å². The van der Waals surface area contributed by atoms with E-state index in [1.807, 2.05) is 0 Å². The highest BCUT2D eigenvalue weighted by Gasteiger charge is 2.21. The summed E-state index contributed by atoms with van der Waals surface area (Å²) in [6, 6.07) is 4.32. The molecule has 20 heavy (non-hydrogen) atoms. The van der Waals surface area contributed by atoms with E-state index in [2.05, 4.69) is 4.72 Å². The van der Waals surface area contributed by atoms with E-state index >= 15 is 0 Å². The van der Waals surface area contributed by atoms with Crippen molar-refractivity contribution in [1.82, 2.24) is 4.72 Å². The third-order valence-electron chi connectivity index (χ3n) is 2.64. The topological polar surface area (TPSA) is 79.5 Å². The van der Waals surface area contributed by atoms with Crippen molar-refractivity contribution < 1.29 is 17.9 Å². The van der Waals surface area contributed by atoms with Gasteiger partial charge in [0, 0.05) is 22.7 Å². The molecule has 0 aliphatic heterocycles. The van der Waals surface area contributed by atoms with E-state index in [0.717, 1.165) is 0 Å². The van der Waals surface area contributed by atoms with Crippen molar-refractivity contribution in [2.45, 2.75) is 18.0 Å². The van der Waals surface area contributed by atoms with E-state index < -0.39 is 16.6 Å². The smallest absolute Gasteiger partial charge is 0.242 e. The highest BCUT2D eigenvalue weighted by molar-refractivity contribution is 7.89. The molecule has 0 radical (unpaired) electrons. The molecule has 108 valence electrons. The van der Waals surface area contributed by atoms with Crippen molar-refractivity contribution >= 4 is 33.2 Å². The van der Waals surface area contributed by atoms with E-state index in [0.29, 0.717) is 5.56 Å². The fraction of sp³-hybridized carbons (Fsp3) is 0.167. The van der Waals surface area contributed by atoms with Gasteiger partial charge in [0.15, 0.2) is 0 Å². The van der Waals surface area contributed by atoms with Crippen LogP contribution in [0.5, 0.6) is 0 Å². The molecule has 1 aromatic carbocycles. The van der Waals surface area contributed by atoms with Gasteiger partial charge >= 0.3 is 0 Å². The second kappa shape index (κ2) is 6.15. The maximum absolute atomic E-state index is 12.2. The average molecular weight is 336 g/mol. The highest BCUT2D eigenvalue weighted by Crippen LogP contribution is 2.31. The van der Waals surface area contributed by atoms with Crippen LogP contribution in [0.1, 0.15) is 11.1 Å². The average Bonchev–Trinajstić information content (AvgIpc) is 2.90. The summed E-state index contributed by atoms with van der Waals surface area (Å²) in [5.74, 6) is 0. The summed E-state index contributed by atoms with van der Waals surface area (Å²) >= 11 is 11.8. The summed E-state index contributed by atoms with van der Waals surface area (Å²) < 4.78 is 31.6. The molecule has 1 heterocycles. The van der Waals surface area contributed by atoms with Gasteiger partial charge in [-0.25, -0.2) is 13.1 Å². The van der Waals surface area contributed by atoms with Crippen LogP contribution in [0.2, 0.25) is 10.0 Å². The molecule has 2 rings (SSSR count). The number of hydrogen-bond donors (Lipinski definition) is 2. The van der Waals surface area contributed by atoms with Crippen molar-refractivity contribution in [2.75, 3.05) is 0 Å². The molecule has 0 atom stereocenters. The minimum Gasteiger partial charge on any atom is -0.472 e. The zero-order valence-electron chi connectivity index (χ0n) is 10.1. The van der Waals surface area contributed by atoms with Crippen LogP contribution in [0, 0.1) is 0 Å². The number of hydrogen-bond acceptors (Lipinski definition) is 4. The van der Waals surface area contributed by atoms with Crippen molar-refractivity contribution in [2.24, 2.45) is 0 Å². The van der Waals surface area contributed by atoms with E-state index in [9.17, 15) is 13.5 Å². The second-order valence-corrected chi connectivity index (χ2v) is 6.47. The maximum Gasteiger partial charge on any atom is 0.242 e. The summed E-state index contributed by atoms with van der Waals surface area (Å²) in [5, 5.41) is 9.30. The Bertz CT molecular complexity index is 698. The standard InChI is InChI=1S/C12H11Cl2NO4S/c13-10-1-2-11(12(14)9(10)6-16)20(17,18)15-5-8-3-4-19-7-8/h1-4,7,15-16H,5-6H2. The number of furan rings is 1. The Kier molecular flexibility index (Phi) is 4.72. The Morgan fingerprint density at radius 3 is 2.60 bits per heavy atom. The summed E-state index contributed by atoms with van der Waals surface area (Å²) in [7, 11) is -3.81. The Hall–Kier alpha value is -1.05. The fourth-order valence-electron chi connectivity index (χ4n) is 1.58. The zero-order valence-corrected chi connectivity index (χ0v) is 12.5. The first-order chi connectivity index (χ1) is 9.45. The molecule has 0 unspecified atom stereocenters.